The van der Waals surface area contributed by atoms with Crippen molar-refractivity contribution in [1.29, 1.82) is 0 Å². The van der Waals surface area contributed by atoms with Crippen LogP contribution in [-0.2, 0) is 24.8 Å². The summed E-state index contributed by atoms with van der Waals surface area (Å²) in [7, 11) is -6.65. The molecule has 0 amide bonds. The van der Waals surface area contributed by atoms with E-state index in [2.05, 4.69) is 9.46 Å². The molecule has 0 aliphatic heterocycles. The predicted molar refractivity (Wildman–Crippen MR) is 110 cm³/mol. The van der Waals surface area contributed by atoms with Crippen molar-refractivity contribution >= 4 is 43.3 Å². The van der Waals surface area contributed by atoms with Crippen LogP contribution in [0.25, 0.3) is 0 Å². The highest BCUT2D eigenvalue weighted by Gasteiger charge is 2.24. The minimum Gasteiger partial charge on any atom is -0.465 e. The molecule has 29 heavy (non-hydrogen) atoms. The molecule has 0 unspecified atom stereocenters. The Labute approximate surface area is 175 Å². The van der Waals surface area contributed by atoms with Crippen molar-refractivity contribution in [3.05, 3.63) is 53.1 Å². The van der Waals surface area contributed by atoms with Gasteiger partial charge in [-0.3, -0.25) is 4.72 Å². The summed E-state index contributed by atoms with van der Waals surface area (Å²) in [6, 6.07) is 8.86. The number of ether oxygens (including phenoxy) is 1. The van der Waals surface area contributed by atoms with Gasteiger partial charge in [-0.2, -0.15) is 4.31 Å². The van der Waals surface area contributed by atoms with Crippen molar-refractivity contribution in [3.63, 3.8) is 0 Å². The molecule has 11 heteroatoms. The van der Waals surface area contributed by atoms with Crippen LogP contribution in [-0.4, -0.2) is 47.3 Å². The molecule has 0 aliphatic rings. The number of nitrogens with one attached hydrogen (secondary N) is 1. The minimum atomic E-state index is -4.11. The Morgan fingerprint density at radius 2 is 1.55 bits per heavy atom. The lowest BCUT2D eigenvalue weighted by molar-refractivity contribution is 0.0602. The molecule has 1 N–H and O–H groups in total. The van der Waals surface area contributed by atoms with Crippen LogP contribution in [0.4, 0.5) is 5.69 Å². The molecule has 8 nitrogen and oxygen atoms in total. The van der Waals surface area contributed by atoms with Crippen molar-refractivity contribution in [3.8, 4) is 0 Å². The zero-order chi connectivity index (χ0) is 21.8. The van der Waals surface area contributed by atoms with Crippen molar-refractivity contribution < 1.29 is 26.4 Å². The van der Waals surface area contributed by atoms with E-state index in [4.69, 9.17) is 11.6 Å². The molecule has 0 saturated heterocycles. The highest BCUT2D eigenvalue weighted by Crippen LogP contribution is 2.26. The summed E-state index contributed by atoms with van der Waals surface area (Å²) in [5, 5.41) is 0.219. The van der Waals surface area contributed by atoms with Gasteiger partial charge in [0.15, 0.2) is 0 Å². The van der Waals surface area contributed by atoms with Crippen LogP contribution >= 0.6 is 11.6 Å². The van der Waals surface area contributed by atoms with Crippen molar-refractivity contribution in [2.75, 3.05) is 24.9 Å². The molecule has 0 fully saturated rings. The van der Waals surface area contributed by atoms with E-state index in [1.165, 1.54) is 53.9 Å². The number of sulfonamides is 2. The minimum absolute atomic E-state index is 0.0128. The van der Waals surface area contributed by atoms with Gasteiger partial charge in [-0.05, 0) is 42.5 Å². The Kier molecular flexibility index (Phi) is 7.28. The van der Waals surface area contributed by atoms with Crippen LogP contribution in [0.5, 0.6) is 0 Å². The van der Waals surface area contributed by atoms with Crippen molar-refractivity contribution in [1.82, 2.24) is 4.31 Å². The number of methoxy groups -OCH3 is 1. The highest BCUT2D eigenvalue weighted by molar-refractivity contribution is 7.92. The Balaban J connectivity index is 2.39. The number of nitrogens with zero attached hydrogens (tertiary/aromatic N) is 1. The van der Waals surface area contributed by atoms with Crippen LogP contribution in [0.15, 0.2) is 52.3 Å². The second-order valence-electron chi connectivity index (χ2n) is 5.85. The van der Waals surface area contributed by atoms with Gasteiger partial charge in [0, 0.05) is 18.1 Å². The fourth-order valence-electron chi connectivity index (χ4n) is 2.60. The smallest absolute Gasteiger partial charge is 0.339 e. The van der Waals surface area contributed by atoms with Gasteiger partial charge in [0.05, 0.1) is 28.2 Å². The maximum Gasteiger partial charge on any atom is 0.339 e. The molecule has 0 bridgehead atoms. The molecule has 2 rings (SSSR count). The molecule has 0 spiro atoms. The number of benzene rings is 2. The molecule has 0 saturated carbocycles. The van der Waals surface area contributed by atoms with Gasteiger partial charge in [-0.25, -0.2) is 21.6 Å². The number of hydrogen-bond donors (Lipinski definition) is 1. The van der Waals surface area contributed by atoms with Gasteiger partial charge >= 0.3 is 5.97 Å². The van der Waals surface area contributed by atoms with Gasteiger partial charge in [0.25, 0.3) is 10.0 Å². The second kappa shape index (κ2) is 9.12. The first kappa shape index (κ1) is 23.1. The van der Waals surface area contributed by atoms with Crippen LogP contribution in [0.1, 0.15) is 24.2 Å². The van der Waals surface area contributed by atoms with Crippen molar-refractivity contribution in [2.45, 2.75) is 23.6 Å². The topological polar surface area (TPSA) is 110 Å². The molecule has 0 aromatic heterocycles. The molecule has 0 atom stereocenters. The van der Waals surface area contributed by atoms with E-state index in [1.54, 1.807) is 13.8 Å². The van der Waals surface area contributed by atoms with E-state index < -0.39 is 26.0 Å². The fraction of sp³-hybridized carbons (Fsp3) is 0.278. The highest BCUT2D eigenvalue weighted by atomic mass is 35.5. The molecule has 0 heterocycles. The van der Waals surface area contributed by atoms with Gasteiger partial charge in [0.1, 0.15) is 0 Å². The second-order valence-corrected chi connectivity index (χ2v) is 9.90. The molecule has 158 valence electrons. The van der Waals surface area contributed by atoms with Crippen LogP contribution in [0.2, 0.25) is 5.02 Å². The predicted octanol–water partition coefficient (Wildman–Crippen LogP) is 2.96. The number of esters is 1. The first-order valence-electron chi connectivity index (χ1n) is 8.57. The summed E-state index contributed by atoms with van der Waals surface area (Å²) in [4.78, 5) is 11.7. The van der Waals surface area contributed by atoms with E-state index in [0.29, 0.717) is 13.1 Å². The SMILES string of the molecule is CCN(CC)S(=O)(=O)c1ccc(S(=O)(=O)Nc2cc(Cl)ccc2C(=O)OC)cc1. The third kappa shape index (κ3) is 5.08. The average Bonchev–Trinajstić information content (AvgIpc) is 2.68. The summed E-state index contributed by atoms with van der Waals surface area (Å²) in [5.74, 6) is -0.736. The summed E-state index contributed by atoms with van der Waals surface area (Å²) in [6.07, 6.45) is 0. The standard InChI is InChI=1S/C18H21ClN2O6S2/c1-4-21(5-2)29(25,26)15-9-7-14(8-10-15)28(23,24)20-17-12-13(19)6-11-16(17)18(22)27-3/h6-12,20H,4-5H2,1-3H3. The maximum absolute atomic E-state index is 12.7. The normalized spacial score (nSPS) is 12.0. The zero-order valence-corrected chi connectivity index (χ0v) is 18.4. The fourth-order valence-corrected chi connectivity index (χ4v) is 5.30. The number of carbonyl (C=O) groups is 1. The Morgan fingerprint density at radius 3 is 2.07 bits per heavy atom. The van der Waals surface area contributed by atoms with E-state index in [-0.39, 0.29) is 26.1 Å². The molecule has 2 aromatic rings. The lowest BCUT2D eigenvalue weighted by Crippen LogP contribution is -2.30. The number of rotatable bonds is 8. The lowest BCUT2D eigenvalue weighted by atomic mass is 10.2. The summed E-state index contributed by atoms with van der Waals surface area (Å²) in [5.41, 5.74) is -0.0644. The number of carbonyl (C=O) groups excluding carboxylic acids is 1. The Bertz CT molecular complexity index is 1100. The quantitative estimate of drug-likeness (QED) is 0.606. The van der Waals surface area contributed by atoms with Gasteiger partial charge < -0.3 is 4.74 Å². The molecule has 0 aliphatic carbocycles. The van der Waals surface area contributed by atoms with E-state index >= 15 is 0 Å². The Morgan fingerprint density at radius 1 is 1.00 bits per heavy atom. The monoisotopic (exact) mass is 460 g/mol. The number of halogens is 1. The zero-order valence-electron chi connectivity index (χ0n) is 16.0. The number of hydrogen-bond acceptors (Lipinski definition) is 6. The summed E-state index contributed by atoms with van der Waals surface area (Å²) >= 11 is 5.91. The molecular weight excluding hydrogens is 440 g/mol. The van der Waals surface area contributed by atoms with Gasteiger partial charge in [-0.15, -0.1) is 0 Å². The van der Waals surface area contributed by atoms with Crippen LogP contribution in [0.3, 0.4) is 0 Å². The summed E-state index contributed by atoms with van der Waals surface area (Å²) < 4.78 is 58.7. The molecule has 2 aromatic carbocycles. The maximum atomic E-state index is 12.7. The Hall–Kier alpha value is -2.14. The molecular formula is C18H21ClN2O6S2. The third-order valence-electron chi connectivity index (χ3n) is 4.11. The van der Waals surface area contributed by atoms with E-state index in [1.807, 2.05) is 0 Å². The third-order valence-corrected chi connectivity index (χ3v) is 7.79. The van der Waals surface area contributed by atoms with Crippen molar-refractivity contribution in [2.24, 2.45) is 0 Å². The largest absolute Gasteiger partial charge is 0.465 e. The van der Waals surface area contributed by atoms with Crippen LogP contribution < -0.4 is 4.72 Å². The first-order chi connectivity index (χ1) is 13.6. The van der Waals surface area contributed by atoms with Gasteiger partial charge in [-0.1, -0.05) is 25.4 Å². The van der Waals surface area contributed by atoms with E-state index in [9.17, 15) is 21.6 Å². The van der Waals surface area contributed by atoms with Gasteiger partial charge in [0.2, 0.25) is 10.0 Å². The summed E-state index contributed by atoms with van der Waals surface area (Å²) in [6.45, 7) is 4.03. The first-order valence-corrected chi connectivity index (χ1v) is 11.9. The lowest BCUT2D eigenvalue weighted by Gasteiger charge is -2.18. The van der Waals surface area contributed by atoms with Crippen LogP contribution in [0, 0.1) is 0 Å². The number of anilines is 1. The molecule has 0 radical (unpaired) electrons. The van der Waals surface area contributed by atoms with E-state index in [0.717, 1.165) is 0 Å². The average molecular weight is 461 g/mol.